The van der Waals surface area contributed by atoms with Crippen LogP contribution in [0.3, 0.4) is 0 Å². The first kappa shape index (κ1) is 24.6. The Morgan fingerprint density at radius 3 is 0.912 bits per heavy atom. The largest absolute Gasteiger partial charge is 0.333 e. The van der Waals surface area contributed by atoms with E-state index >= 15 is 0 Å². The van der Waals surface area contributed by atoms with Crippen LogP contribution in [0.15, 0.2) is 0 Å². The Kier molecular flexibility index (Phi) is 5.24. The maximum Gasteiger partial charge on any atom is 0.333 e. The molecule has 0 aromatic carbocycles. The van der Waals surface area contributed by atoms with Crippen LogP contribution >= 0.6 is 8.60 Å². The van der Waals surface area contributed by atoms with Gasteiger partial charge in [0.15, 0.2) is 0 Å². The molecule has 0 heterocycles. The maximum atomic E-state index is 7.07. The summed E-state index contributed by atoms with van der Waals surface area (Å²) in [6.45, 7) is 22.4. The van der Waals surface area contributed by atoms with Crippen molar-refractivity contribution >= 4 is 8.60 Å². The van der Waals surface area contributed by atoms with Crippen LogP contribution in [-0.2, 0) is 13.6 Å². The van der Waals surface area contributed by atoms with Crippen molar-refractivity contribution in [1.82, 2.24) is 0 Å². The fourth-order valence-electron chi connectivity index (χ4n) is 10.3. The van der Waals surface area contributed by atoms with Gasteiger partial charge in [0.05, 0.1) is 18.3 Å². The van der Waals surface area contributed by atoms with Gasteiger partial charge in [-0.3, -0.25) is 0 Å². The quantitative estimate of drug-likeness (QED) is 0.348. The summed E-state index contributed by atoms with van der Waals surface area (Å²) in [5.74, 6) is 2.33. The van der Waals surface area contributed by atoms with Crippen LogP contribution in [0.1, 0.15) is 120 Å². The molecule has 6 rings (SSSR count). The molecule has 6 fully saturated rings. The minimum Gasteiger partial charge on any atom is -0.308 e. The van der Waals surface area contributed by atoms with Crippen LogP contribution in [0.5, 0.6) is 0 Å². The predicted molar refractivity (Wildman–Crippen MR) is 139 cm³/mol. The molecule has 0 radical (unpaired) electrons. The first-order valence-electron chi connectivity index (χ1n) is 14.5. The molecule has 6 aliphatic carbocycles. The third-order valence-electron chi connectivity index (χ3n) is 14.8. The molecule has 0 unspecified atom stereocenters. The van der Waals surface area contributed by atoms with Crippen molar-refractivity contribution < 1.29 is 13.6 Å². The normalized spacial score (nSPS) is 53.5. The van der Waals surface area contributed by atoms with Crippen molar-refractivity contribution in [3.63, 3.8) is 0 Å². The molecule has 34 heavy (non-hydrogen) atoms. The topological polar surface area (TPSA) is 27.7 Å². The highest BCUT2D eigenvalue weighted by atomic mass is 31.2. The predicted octanol–water partition coefficient (Wildman–Crippen LogP) is 8.91. The van der Waals surface area contributed by atoms with Crippen LogP contribution in [0, 0.1) is 50.2 Å². The van der Waals surface area contributed by atoms with Gasteiger partial charge in [0, 0.05) is 0 Å². The summed E-state index contributed by atoms with van der Waals surface area (Å²) in [6, 6.07) is 0. The lowest BCUT2D eigenvalue weighted by Gasteiger charge is -2.44. The fourth-order valence-corrected chi connectivity index (χ4v) is 12.0. The second kappa shape index (κ2) is 7.24. The van der Waals surface area contributed by atoms with E-state index in [1.807, 2.05) is 0 Å². The molecule has 0 amide bonds. The average Bonchev–Trinajstić information content (AvgIpc) is 3.38. The van der Waals surface area contributed by atoms with E-state index in [-0.39, 0.29) is 34.6 Å². The Bertz CT molecular complexity index is 743. The summed E-state index contributed by atoms with van der Waals surface area (Å²) < 4.78 is 21.2. The lowest BCUT2D eigenvalue weighted by Crippen LogP contribution is -2.40. The lowest BCUT2D eigenvalue weighted by molar-refractivity contribution is -0.0468. The van der Waals surface area contributed by atoms with Crippen molar-refractivity contribution in [1.29, 1.82) is 0 Å². The molecule has 3 nitrogen and oxygen atoms in total. The van der Waals surface area contributed by atoms with E-state index in [9.17, 15) is 0 Å². The zero-order valence-electron chi connectivity index (χ0n) is 23.5. The van der Waals surface area contributed by atoms with Gasteiger partial charge in [-0.05, 0) is 108 Å². The van der Waals surface area contributed by atoms with Crippen molar-refractivity contribution in [2.24, 2.45) is 50.2 Å². The minimum atomic E-state index is -1.35. The fraction of sp³-hybridized carbons (Fsp3) is 1.00. The lowest BCUT2D eigenvalue weighted by atomic mass is 9.70. The summed E-state index contributed by atoms with van der Waals surface area (Å²) in [5.41, 5.74) is 1.75. The van der Waals surface area contributed by atoms with Gasteiger partial charge in [-0.1, -0.05) is 62.3 Å². The molecule has 6 aliphatic rings. The van der Waals surface area contributed by atoms with E-state index in [4.69, 9.17) is 13.6 Å². The Labute approximate surface area is 210 Å². The second-order valence-electron chi connectivity index (χ2n) is 15.8. The van der Waals surface area contributed by atoms with Crippen LogP contribution in [0.2, 0.25) is 0 Å². The van der Waals surface area contributed by atoms with Gasteiger partial charge in [-0.25, -0.2) is 0 Å². The van der Waals surface area contributed by atoms with Gasteiger partial charge in [-0.2, -0.15) is 0 Å². The van der Waals surface area contributed by atoms with Crippen LogP contribution in [-0.4, -0.2) is 18.3 Å². The molecule has 194 valence electrons. The number of hydrogen-bond donors (Lipinski definition) is 0. The molecule has 0 N–H and O–H groups in total. The molecular formula is C30H51O3P. The molecule has 0 aromatic heterocycles. The highest BCUT2D eigenvalue weighted by molar-refractivity contribution is 7.41. The Morgan fingerprint density at radius 1 is 0.471 bits per heavy atom. The van der Waals surface area contributed by atoms with Gasteiger partial charge in [0.25, 0.3) is 0 Å². The highest BCUT2D eigenvalue weighted by Gasteiger charge is 2.66. The molecule has 0 saturated heterocycles. The van der Waals surface area contributed by atoms with Gasteiger partial charge in [0.1, 0.15) is 0 Å². The minimum absolute atomic E-state index is 0.237. The van der Waals surface area contributed by atoms with Gasteiger partial charge in [-0.15, -0.1) is 0 Å². The van der Waals surface area contributed by atoms with Gasteiger partial charge < -0.3 is 13.6 Å². The summed E-state index contributed by atoms with van der Waals surface area (Å²) in [5, 5.41) is 0. The van der Waals surface area contributed by atoms with Gasteiger partial charge in [0.2, 0.25) is 0 Å². The molecule has 0 spiro atoms. The third-order valence-corrected chi connectivity index (χ3v) is 16.1. The zero-order chi connectivity index (χ0) is 24.5. The van der Waals surface area contributed by atoms with Crippen LogP contribution in [0.25, 0.3) is 0 Å². The monoisotopic (exact) mass is 490 g/mol. The standard InChI is InChI=1S/C30H51O3P/c1-25(2)19-10-13-28(25,7)22(16-19)31-34(32-23-17-20-11-14-29(23,8)26(20,3)4)33-24-18-21-12-15-30(24,9)27(21,5)6/h19-24H,10-18H2,1-9H3/t19-,20-,21-,22+,23+,24+,28+,29+,30+/m0/s1. The van der Waals surface area contributed by atoms with E-state index in [1.54, 1.807) is 0 Å². The van der Waals surface area contributed by atoms with E-state index in [2.05, 4.69) is 62.3 Å². The average molecular weight is 491 g/mol. The van der Waals surface area contributed by atoms with Crippen molar-refractivity contribution in [3.8, 4) is 0 Å². The summed E-state index contributed by atoms with van der Waals surface area (Å²) in [6.07, 6.45) is 12.3. The molecule has 0 aliphatic heterocycles. The molecule has 9 atom stereocenters. The van der Waals surface area contributed by atoms with E-state index in [0.29, 0.717) is 16.2 Å². The molecule has 6 saturated carbocycles. The molecule has 4 heteroatoms. The molecular weight excluding hydrogens is 439 g/mol. The smallest absolute Gasteiger partial charge is 0.308 e. The third kappa shape index (κ3) is 2.86. The Balaban J connectivity index is 1.25. The Hall–Kier alpha value is 0.310. The summed E-state index contributed by atoms with van der Waals surface area (Å²) in [7, 11) is -1.35. The number of fused-ring (bicyclic) bond motifs is 6. The first-order valence-corrected chi connectivity index (χ1v) is 15.6. The highest BCUT2D eigenvalue weighted by Crippen LogP contribution is 2.73. The van der Waals surface area contributed by atoms with Crippen LogP contribution < -0.4 is 0 Å². The van der Waals surface area contributed by atoms with Crippen molar-refractivity contribution in [2.75, 3.05) is 0 Å². The van der Waals surface area contributed by atoms with Crippen molar-refractivity contribution in [3.05, 3.63) is 0 Å². The summed E-state index contributed by atoms with van der Waals surface area (Å²) in [4.78, 5) is 0. The Morgan fingerprint density at radius 2 is 0.735 bits per heavy atom. The van der Waals surface area contributed by atoms with Crippen molar-refractivity contribution in [2.45, 2.75) is 138 Å². The maximum absolute atomic E-state index is 7.07. The van der Waals surface area contributed by atoms with E-state index < -0.39 is 8.60 Å². The number of hydrogen-bond acceptors (Lipinski definition) is 3. The van der Waals surface area contributed by atoms with Crippen LogP contribution in [0.4, 0.5) is 0 Å². The van der Waals surface area contributed by atoms with Gasteiger partial charge >= 0.3 is 8.60 Å². The SMILES string of the molecule is CC1(C)[C@H]2CC[C@]1(C)[C@H](OP(O[C@@H]1C[C@@H]3CC[C@@]1(C)C3(C)C)O[C@@H]1C[C@@H]3CC[C@@]1(C)C3(C)C)C2. The number of rotatable bonds is 6. The van der Waals surface area contributed by atoms with E-state index in [1.165, 1.54) is 57.8 Å². The van der Waals surface area contributed by atoms with E-state index in [0.717, 1.165) is 17.8 Å². The molecule has 0 aromatic rings. The first-order chi connectivity index (χ1) is 15.7. The summed E-state index contributed by atoms with van der Waals surface area (Å²) >= 11 is 0. The molecule has 6 bridgehead atoms. The second-order valence-corrected chi connectivity index (χ2v) is 16.9. The zero-order valence-corrected chi connectivity index (χ0v) is 24.4.